The van der Waals surface area contributed by atoms with Gasteiger partial charge in [0.15, 0.2) is 4.67 Å². The molecule has 0 radical (unpaired) electrons. The van der Waals surface area contributed by atoms with Gasteiger partial charge < -0.3 is 9.73 Å². The van der Waals surface area contributed by atoms with E-state index in [1.165, 1.54) is 0 Å². The monoisotopic (exact) mass is 340 g/mol. The van der Waals surface area contributed by atoms with Gasteiger partial charge in [-0.15, -0.1) is 0 Å². The molecule has 0 spiro atoms. The molecule has 1 N–H and O–H groups in total. The lowest BCUT2D eigenvalue weighted by atomic mass is 10.1. The molecule has 0 bridgehead atoms. The van der Waals surface area contributed by atoms with Crippen molar-refractivity contribution in [2.24, 2.45) is 0 Å². The molecule has 2 heterocycles. The van der Waals surface area contributed by atoms with Crippen molar-refractivity contribution in [2.75, 3.05) is 6.54 Å². The summed E-state index contributed by atoms with van der Waals surface area (Å²) in [5, 5.41) is 7.79. The molecule has 20 heavy (non-hydrogen) atoms. The summed E-state index contributed by atoms with van der Waals surface area (Å²) in [4.78, 5) is 4.37. The number of hydrogen-bond acceptors (Lipinski definition) is 4. The van der Waals surface area contributed by atoms with E-state index in [2.05, 4.69) is 45.2 Å². The molecular weight excluding hydrogens is 320 g/mol. The summed E-state index contributed by atoms with van der Waals surface area (Å²) in [6.07, 6.45) is 4.54. The first kappa shape index (κ1) is 15.3. The maximum atomic E-state index is 5.69. The van der Waals surface area contributed by atoms with E-state index in [9.17, 15) is 0 Å². The van der Waals surface area contributed by atoms with Crippen molar-refractivity contribution < 1.29 is 4.42 Å². The van der Waals surface area contributed by atoms with Gasteiger partial charge in [-0.2, -0.15) is 5.10 Å². The first-order valence-electron chi connectivity index (χ1n) is 7.09. The quantitative estimate of drug-likeness (QED) is 0.800. The Bertz CT molecular complexity index is 523. The molecule has 0 aliphatic rings. The second kappa shape index (κ2) is 7.59. The highest BCUT2D eigenvalue weighted by molar-refractivity contribution is 9.10. The van der Waals surface area contributed by atoms with Crippen LogP contribution in [-0.2, 0) is 13.0 Å². The summed E-state index contributed by atoms with van der Waals surface area (Å²) in [6.45, 7) is 6.15. The van der Waals surface area contributed by atoms with Gasteiger partial charge in [0.05, 0.1) is 6.04 Å². The van der Waals surface area contributed by atoms with Gasteiger partial charge in [0.2, 0.25) is 0 Å². The van der Waals surface area contributed by atoms with E-state index in [-0.39, 0.29) is 6.04 Å². The molecule has 2 rings (SSSR count). The van der Waals surface area contributed by atoms with E-state index in [0.717, 1.165) is 48.6 Å². The Morgan fingerprint density at radius 2 is 2.20 bits per heavy atom. The maximum Gasteiger partial charge on any atom is 0.169 e. The van der Waals surface area contributed by atoms with Crippen LogP contribution in [0.1, 0.15) is 44.3 Å². The van der Waals surface area contributed by atoms with Crippen LogP contribution < -0.4 is 5.32 Å². The molecule has 0 aliphatic carbocycles. The minimum Gasteiger partial charge on any atom is -0.453 e. The third-order valence-electron chi connectivity index (χ3n) is 3.10. The van der Waals surface area contributed by atoms with Gasteiger partial charge in [-0.3, -0.25) is 4.68 Å². The van der Waals surface area contributed by atoms with Gasteiger partial charge in [-0.25, -0.2) is 4.98 Å². The maximum absolute atomic E-state index is 5.69. The average Bonchev–Trinajstić information content (AvgIpc) is 3.04. The van der Waals surface area contributed by atoms with Crippen molar-refractivity contribution in [2.45, 2.75) is 45.7 Å². The molecule has 0 aromatic carbocycles. The molecule has 0 fully saturated rings. The lowest BCUT2D eigenvalue weighted by Crippen LogP contribution is -2.25. The Balaban J connectivity index is 2.12. The molecule has 1 unspecified atom stereocenters. The van der Waals surface area contributed by atoms with Crippen molar-refractivity contribution in [1.82, 2.24) is 20.1 Å². The molecular formula is C14H21BrN4O. The number of nitrogens with zero attached hydrogens (tertiary/aromatic N) is 3. The molecule has 1 atom stereocenters. The van der Waals surface area contributed by atoms with E-state index in [0.29, 0.717) is 0 Å². The van der Waals surface area contributed by atoms with Crippen molar-refractivity contribution in [3.8, 4) is 0 Å². The zero-order valence-corrected chi connectivity index (χ0v) is 13.6. The minimum atomic E-state index is 0.126. The Morgan fingerprint density at radius 1 is 1.35 bits per heavy atom. The lowest BCUT2D eigenvalue weighted by Gasteiger charge is -2.16. The third-order valence-corrected chi connectivity index (χ3v) is 3.52. The molecule has 0 amide bonds. The molecule has 5 nitrogen and oxygen atoms in total. The molecule has 0 saturated carbocycles. The van der Waals surface area contributed by atoms with Crippen LogP contribution in [0, 0.1) is 0 Å². The van der Waals surface area contributed by atoms with Gasteiger partial charge in [0.25, 0.3) is 0 Å². The van der Waals surface area contributed by atoms with E-state index < -0.39 is 0 Å². The van der Waals surface area contributed by atoms with Crippen LogP contribution in [0.15, 0.2) is 27.5 Å². The smallest absolute Gasteiger partial charge is 0.169 e. The van der Waals surface area contributed by atoms with Gasteiger partial charge in [-0.05, 0) is 47.4 Å². The SMILES string of the molecule is CCCNC(Cc1ncnn1CCC)c1ccc(Br)o1. The zero-order valence-electron chi connectivity index (χ0n) is 12.0. The van der Waals surface area contributed by atoms with Crippen molar-refractivity contribution >= 4 is 15.9 Å². The van der Waals surface area contributed by atoms with E-state index in [1.54, 1.807) is 6.33 Å². The standard InChI is InChI=1S/C14H21BrN4O/c1-3-7-16-11(12-5-6-13(15)20-12)9-14-17-10-18-19(14)8-4-2/h5-6,10-11,16H,3-4,7-9H2,1-2H3. The molecule has 0 saturated heterocycles. The van der Waals surface area contributed by atoms with Gasteiger partial charge >= 0.3 is 0 Å². The molecule has 0 aliphatic heterocycles. The minimum absolute atomic E-state index is 0.126. The first-order valence-corrected chi connectivity index (χ1v) is 7.89. The number of furan rings is 1. The largest absolute Gasteiger partial charge is 0.453 e. The van der Waals surface area contributed by atoms with Crippen LogP contribution >= 0.6 is 15.9 Å². The van der Waals surface area contributed by atoms with E-state index in [4.69, 9.17) is 4.42 Å². The first-order chi connectivity index (χ1) is 9.74. The van der Waals surface area contributed by atoms with Crippen LogP contribution in [0.3, 0.4) is 0 Å². The predicted molar refractivity (Wildman–Crippen MR) is 81.5 cm³/mol. The fraction of sp³-hybridized carbons (Fsp3) is 0.571. The van der Waals surface area contributed by atoms with Crippen LogP contribution in [-0.4, -0.2) is 21.3 Å². The fourth-order valence-corrected chi connectivity index (χ4v) is 2.45. The lowest BCUT2D eigenvalue weighted by molar-refractivity contribution is 0.390. The molecule has 110 valence electrons. The third kappa shape index (κ3) is 3.93. The van der Waals surface area contributed by atoms with Crippen LogP contribution in [0.2, 0.25) is 0 Å². The van der Waals surface area contributed by atoms with Crippen LogP contribution in [0.4, 0.5) is 0 Å². The highest BCUT2D eigenvalue weighted by Crippen LogP contribution is 2.23. The number of hydrogen-bond donors (Lipinski definition) is 1. The summed E-state index contributed by atoms with van der Waals surface area (Å²) >= 11 is 3.36. The Labute approximate surface area is 127 Å². The van der Waals surface area contributed by atoms with Gasteiger partial charge in [-0.1, -0.05) is 13.8 Å². The topological polar surface area (TPSA) is 55.9 Å². The predicted octanol–water partition coefficient (Wildman–Crippen LogP) is 3.33. The van der Waals surface area contributed by atoms with Crippen LogP contribution in [0.25, 0.3) is 0 Å². The average molecular weight is 341 g/mol. The van der Waals surface area contributed by atoms with Crippen LogP contribution in [0.5, 0.6) is 0 Å². The number of aromatic nitrogens is 3. The number of aryl methyl sites for hydroxylation is 1. The fourth-order valence-electron chi connectivity index (χ4n) is 2.13. The van der Waals surface area contributed by atoms with Crippen molar-refractivity contribution in [3.63, 3.8) is 0 Å². The Kier molecular flexibility index (Phi) is 5.79. The highest BCUT2D eigenvalue weighted by Gasteiger charge is 2.18. The van der Waals surface area contributed by atoms with Gasteiger partial charge in [0.1, 0.15) is 17.9 Å². The summed E-state index contributed by atoms with van der Waals surface area (Å²) in [6, 6.07) is 4.05. The summed E-state index contributed by atoms with van der Waals surface area (Å²) in [5.74, 6) is 1.92. The molecule has 6 heteroatoms. The highest BCUT2D eigenvalue weighted by atomic mass is 79.9. The van der Waals surface area contributed by atoms with Gasteiger partial charge in [0, 0.05) is 13.0 Å². The normalized spacial score (nSPS) is 12.8. The number of halogens is 1. The summed E-state index contributed by atoms with van der Waals surface area (Å²) in [5.41, 5.74) is 0. The van der Waals surface area contributed by atoms with Crippen molar-refractivity contribution in [3.05, 3.63) is 34.7 Å². The second-order valence-corrected chi connectivity index (χ2v) is 5.53. The Morgan fingerprint density at radius 3 is 2.85 bits per heavy atom. The Hall–Kier alpha value is -1.14. The summed E-state index contributed by atoms with van der Waals surface area (Å²) < 4.78 is 8.41. The van der Waals surface area contributed by atoms with E-state index >= 15 is 0 Å². The van der Waals surface area contributed by atoms with Crippen molar-refractivity contribution in [1.29, 1.82) is 0 Å². The summed E-state index contributed by atoms with van der Waals surface area (Å²) in [7, 11) is 0. The van der Waals surface area contributed by atoms with E-state index in [1.807, 2.05) is 16.8 Å². The molecule has 2 aromatic rings. The molecule has 2 aromatic heterocycles. The number of nitrogens with one attached hydrogen (secondary N) is 1. The second-order valence-electron chi connectivity index (χ2n) is 4.75. The zero-order chi connectivity index (χ0) is 14.4. The number of rotatable bonds is 8.